The second-order valence-electron chi connectivity index (χ2n) is 3.90. The molecular formula is C11H9ClN4O3S. The number of aromatic nitrogens is 2. The molecule has 2 aromatic heterocycles. The Balaban J connectivity index is 2.29. The van der Waals surface area contributed by atoms with Gasteiger partial charge in [-0.2, -0.15) is 0 Å². The second kappa shape index (κ2) is 5.51. The van der Waals surface area contributed by atoms with Crippen molar-refractivity contribution in [2.45, 2.75) is 13.8 Å². The molecule has 0 aromatic carbocycles. The van der Waals surface area contributed by atoms with Crippen LogP contribution in [0.15, 0.2) is 12.3 Å². The van der Waals surface area contributed by atoms with Gasteiger partial charge in [-0.05, 0) is 13.8 Å². The maximum Gasteiger partial charge on any atom is 0.288 e. The van der Waals surface area contributed by atoms with E-state index in [9.17, 15) is 14.9 Å². The Morgan fingerprint density at radius 3 is 2.75 bits per heavy atom. The monoisotopic (exact) mass is 312 g/mol. The Labute approximate surface area is 122 Å². The number of thiazole rings is 1. The number of rotatable bonds is 3. The normalized spacial score (nSPS) is 10.3. The van der Waals surface area contributed by atoms with Crippen molar-refractivity contribution in [2.24, 2.45) is 0 Å². The van der Waals surface area contributed by atoms with Crippen LogP contribution in [0, 0.1) is 24.0 Å². The van der Waals surface area contributed by atoms with Crippen LogP contribution in [0.1, 0.15) is 20.9 Å². The van der Waals surface area contributed by atoms with Crippen LogP contribution in [0.25, 0.3) is 0 Å². The van der Waals surface area contributed by atoms with E-state index >= 15 is 0 Å². The molecule has 0 saturated carbocycles. The first-order valence-electron chi connectivity index (χ1n) is 5.44. The molecule has 2 rings (SSSR count). The van der Waals surface area contributed by atoms with Crippen molar-refractivity contribution in [1.82, 2.24) is 9.97 Å². The van der Waals surface area contributed by atoms with E-state index < -0.39 is 10.8 Å². The lowest BCUT2D eigenvalue weighted by Crippen LogP contribution is -2.13. The fraction of sp³-hybridized carbons (Fsp3) is 0.182. The minimum absolute atomic E-state index is 0.0635. The van der Waals surface area contributed by atoms with Gasteiger partial charge in [-0.1, -0.05) is 11.6 Å². The number of nitrogens with zero attached hydrogens (tertiary/aromatic N) is 3. The molecule has 0 fully saturated rings. The van der Waals surface area contributed by atoms with Gasteiger partial charge in [0, 0.05) is 10.9 Å². The second-order valence-corrected chi connectivity index (χ2v) is 5.46. The first kappa shape index (κ1) is 14.4. The summed E-state index contributed by atoms with van der Waals surface area (Å²) in [5.74, 6) is -0.583. The fourth-order valence-corrected chi connectivity index (χ4v) is 2.39. The van der Waals surface area contributed by atoms with Crippen molar-refractivity contribution in [3.8, 4) is 0 Å². The molecule has 0 unspecified atom stereocenters. The number of nitrogens with one attached hydrogen (secondary N) is 1. The molecule has 2 heterocycles. The average molecular weight is 313 g/mol. The van der Waals surface area contributed by atoms with Crippen molar-refractivity contribution < 1.29 is 9.72 Å². The molecule has 1 N–H and O–H groups in total. The molecule has 7 nitrogen and oxygen atoms in total. The number of pyridine rings is 1. The van der Waals surface area contributed by atoms with E-state index in [1.807, 2.05) is 13.8 Å². The zero-order chi connectivity index (χ0) is 14.9. The van der Waals surface area contributed by atoms with Crippen LogP contribution in [-0.2, 0) is 0 Å². The molecule has 0 aliphatic rings. The van der Waals surface area contributed by atoms with Gasteiger partial charge < -0.3 is 0 Å². The van der Waals surface area contributed by atoms with Gasteiger partial charge in [0.25, 0.3) is 11.6 Å². The van der Waals surface area contributed by atoms with Crippen molar-refractivity contribution in [3.63, 3.8) is 0 Å². The van der Waals surface area contributed by atoms with E-state index in [1.165, 1.54) is 11.3 Å². The molecule has 9 heteroatoms. The summed E-state index contributed by atoms with van der Waals surface area (Å²) in [4.78, 5) is 30.8. The zero-order valence-corrected chi connectivity index (χ0v) is 12.1. The Morgan fingerprint density at radius 1 is 1.50 bits per heavy atom. The average Bonchev–Trinajstić information content (AvgIpc) is 2.68. The summed E-state index contributed by atoms with van der Waals surface area (Å²) in [7, 11) is 0. The van der Waals surface area contributed by atoms with E-state index in [0.29, 0.717) is 5.13 Å². The summed E-state index contributed by atoms with van der Waals surface area (Å²) < 4.78 is 0. The molecule has 0 radical (unpaired) electrons. The number of hydrogen-bond acceptors (Lipinski definition) is 6. The van der Waals surface area contributed by atoms with Crippen LogP contribution >= 0.6 is 22.9 Å². The number of carbonyl (C=O) groups excluding carboxylic acids is 1. The lowest BCUT2D eigenvalue weighted by atomic mass is 10.2. The highest BCUT2D eigenvalue weighted by molar-refractivity contribution is 7.15. The Kier molecular flexibility index (Phi) is 3.96. The number of amides is 1. The molecule has 0 spiro atoms. The SMILES string of the molecule is Cc1nc(NC(=O)c2cc([N+](=O)[O-])cnc2Cl)sc1C. The largest absolute Gasteiger partial charge is 0.298 e. The Bertz CT molecular complexity index is 681. The predicted molar refractivity (Wildman–Crippen MR) is 75.4 cm³/mol. The van der Waals surface area contributed by atoms with Crippen molar-refractivity contribution in [1.29, 1.82) is 0 Å². The van der Waals surface area contributed by atoms with E-state index in [1.54, 1.807) is 0 Å². The maximum absolute atomic E-state index is 12.0. The minimum Gasteiger partial charge on any atom is -0.298 e. The molecule has 20 heavy (non-hydrogen) atoms. The van der Waals surface area contributed by atoms with Crippen LogP contribution in [0.5, 0.6) is 0 Å². The first-order chi connectivity index (χ1) is 9.38. The summed E-state index contributed by atoms with van der Waals surface area (Å²) in [5, 5.41) is 13.5. The third kappa shape index (κ3) is 2.91. The van der Waals surface area contributed by atoms with Crippen LogP contribution in [0.2, 0.25) is 5.15 Å². The summed E-state index contributed by atoms with van der Waals surface area (Å²) >= 11 is 7.10. The summed E-state index contributed by atoms with van der Waals surface area (Å²) in [6.07, 6.45) is 0.997. The van der Waals surface area contributed by atoms with Crippen molar-refractivity contribution in [2.75, 3.05) is 5.32 Å². The van der Waals surface area contributed by atoms with Crippen molar-refractivity contribution in [3.05, 3.63) is 43.7 Å². The van der Waals surface area contributed by atoms with Gasteiger partial charge in [-0.25, -0.2) is 9.97 Å². The molecule has 0 aliphatic heterocycles. The molecule has 0 atom stereocenters. The van der Waals surface area contributed by atoms with Gasteiger partial charge in [0.1, 0.15) is 11.3 Å². The third-order valence-corrected chi connectivity index (χ3v) is 3.82. The van der Waals surface area contributed by atoms with Gasteiger partial charge in [-0.3, -0.25) is 20.2 Å². The Morgan fingerprint density at radius 2 is 2.20 bits per heavy atom. The van der Waals surface area contributed by atoms with E-state index in [-0.39, 0.29) is 16.4 Å². The molecule has 2 aromatic rings. The summed E-state index contributed by atoms with van der Waals surface area (Å²) in [6, 6.07) is 1.08. The summed E-state index contributed by atoms with van der Waals surface area (Å²) in [5.41, 5.74) is 0.450. The number of hydrogen-bond donors (Lipinski definition) is 1. The van der Waals surface area contributed by atoms with Crippen molar-refractivity contribution >= 4 is 39.7 Å². The van der Waals surface area contributed by atoms with Gasteiger partial charge in [0.05, 0.1) is 16.2 Å². The smallest absolute Gasteiger partial charge is 0.288 e. The number of carbonyl (C=O) groups is 1. The van der Waals surface area contributed by atoms with Crippen LogP contribution in [-0.4, -0.2) is 20.8 Å². The van der Waals surface area contributed by atoms with E-state index in [0.717, 1.165) is 22.8 Å². The number of aryl methyl sites for hydroxylation is 2. The lowest BCUT2D eigenvalue weighted by molar-refractivity contribution is -0.385. The number of anilines is 1. The molecule has 0 aliphatic carbocycles. The zero-order valence-electron chi connectivity index (χ0n) is 10.5. The van der Waals surface area contributed by atoms with Crippen LogP contribution in [0.3, 0.4) is 0 Å². The Hall–Kier alpha value is -2.06. The van der Waals surface area contributed by atoms with Gasteiger partial charge in [-0.15, -0.1) is 11.3 Å². The highest BCUT2D eigenvalue weighted by Crippen LogP contribution is 2.24. The maximum atomic E-state index is 12.0. The fourth-order valence-electron chi connectivity index (χ4n) is 1.39. The molecule has 0 saturated heterocycles. The predicted octanol–water partition coefficient (Wildman–Crippen LogP) is 2.97. The van der Waals surface area contributed by atoms with E-state index in [4.69, 9.17) is 11.6 Å². The van der Waals surface area contributed by atoms with Crippen LogP contribution < -0.4 is 5.32 Å². The molecular weight excluding hydrogens is 304 g/mol. The topological polar surface area (TPSA) is 98.0 Å². The van der Waals surface area contributed by atoms with Gasteiger partial charge >= 0.3 is 0 Å². The van der Waals surface area contributed by atoms with Gasteiger partial charge in [0.2, 0.25) is 0 Å². The number of nitro groups is 1. The summed E-state index contributed by atoms with van der Waals surface area (Å²) in [6.45, 7) is 3.70. The highest BCUT2D eigenvalue weighted by Gasteiger charge is 2.18. The standard InChI is InChI=1S/C11H9ClN4O3S/c1-5-6(2)20-11(14-5)15-10(17)8-3-7(16(18)19)4-13-9(8)12/h3-4H,1-2H3,(H,14,15,17). The third-order valence-electron chi connectivity index (χ3n) is 2.53. The first-order valence-corrected chi connectivity index (χ1v) is 6.63. The lowest BCUT2D eigenvalue weighted by Gasteiger charge is -2.03. The molecule has 0 bridgehead atoms. The quantitative estimate of drug-likeness (QED) is 0.533. The van der Waals surface area contributed by atoms with Gasteiger partial charge in [0.15, 0.2) is 5.13 Å². The minimum atomic E-state index is -0.641. The number of halogens is 1. The molecule has 1 amide bonds. The van der Waals surface area contributed by atoms with E-state index in [2.05, 4.69) is 15.3 Å². The molecule has 104 valence electrons. The van der Waals surface area contributed by atoms with Crippen LogP contribution in [0.4, 0.5) is 10.8 Å². The highest BCUT2D eigenvalue weighted by atomic mass is 35.5.